The fourth-order valence-electron chi connectivity index (χ4n) is 2.81. The zero-order chi connectivity index (χ0) is 18.4. The highest BCUT2D eigenvalue weighted by Crippen LogP contribution is 2.25. The van der Waals surface area contributed by atoms with Gasteiger partial charge in [0.05, 0.1) is 18.6 Å². The number of ether oxygens (including phenoxy) is 1. The predicted molar refractivity (Wildman–Crippen MR) is 98.1 cm³/mol. The Hall–Kier alpha value is -1.95. The molecule has 138 valence electrons. The Morgan fingerprint density at radius 3 is 2.52 bits per heavy atom. The molecule has 1 heterocycles. The molecule has 1 aliphatic rings. The van der Waals surface area contributed by atoms with E-state index < -0.39 is 0 Å². The first-order chi connectivity index (χ1) is 11.9. The third kappa shape index (κ3) is 5.53. The number of carbonyl (C=O) groups is 2. The fourth-order valence-corrected chi connectivity index (χ4v) is 3.09. The van der Waals surface area contributed by atoms with Crippen LogP contribution in [-0.2, 0) is 11.2 Å². The minimum atomic E-state index is -0.0637. The fraction of sp³-hybridized carbons (Fsp3) is 0.556. The predicted octanol–water partition coefficient (Wildman–Crippen LogP) is 2.54. The zero-order valence-electron chi connectivity index (χ0n) is 15.0. The molecule has 0 aliphatic carbocycles. The maximum Gasteiger partial charge on any atom is 0.317 e. The molecule has 7 heteroatoms. The zero-order valence-corrected chi connectivity index (χ0v) is 15.8. The van der Waals surface area contributed by atoms with Crippen molar-refractivity contribution in [3.63, 3.8) is 0 Å². The molecule has 0 bridgehead atoms. The minimum Gasteiger partial charge on any atom is -0.495 e. The number of rotatable bonds is 4. The van der Waals surface area contributed by atoms with E-state index in [1.54, 1.807) is 24.1 Å². The van der Waals surface area contributed by atoms with Gasteiger partial charge in [-0.05, 0) is 38.0 Å². The second-order valence-corrected chi connectivity index (χ2v) is 6.88. The van der Waals surface area contributed by atoms with Gasteiger partial charge in [0.25, 0.3) is 0 Å². The molecule has 25 heavy (non-hydrogen) atoms. The van der Waals surface area contributed by atoms with Crippen LogP contribution >= 0.6 is 11.6 Å². The van der Waals surface area contributed by atoms with E-state index in [9.17, 15) is 9.59 Å². The monoisotopic (exact) mass is 367 g/mol. The summed E-state index contributed by atoms with van der Waals surface area (Å²) in [6.45, 7) is 6.30. The molecule has 1 aromatic carbocycles. The molecule has 2 rings (SSSR count). The standard InChI is InChI=1S/C18H26ClN3O3/c1-13(2)20-18(24)22-8-4-7-21(9-10-22)17(23)12-14-5-6-16(25-3)15(19)11-14/h5-6,11,13H,4,7-10,12H2,1-3H3,(H,20,24). The van der Waals surface area contributed by atoms with Crippen molar-refractivity contribution >= 4 is 23.5 Å². The summed E-state index contributed by atoms with van der Waals surface area (Å²) in [5.74, 6) is 0.645. The van der Waals surface area contributed by atoms with Gasteiger partial charge >= 0.3 is 6.03 Å². The summed E-state index contributed by atoms with van der Waals surface area (Å²) in [5, 5.41) is 3.40. The average molecular weight is 368 g/mol. The van der Waals surface area contributed by atoms with Crippen molar-refractivity contribution in [3.05, 3.63) is 28.8 Å². The van der Waals surface area contributed by atoms with E-state index >= 15 is 0 Å². The second kappa shape index (κ2) is 8.94. The van der Waals surface area contributed by atoms with Crippen molar-refractivity contribution < 1.29 is 14.3 Å². The summed E-state index contributed by atoms with van der Waals surface area (Å²) in [7, 11) is 1.56. The molecule has 0 unspecified atom stereocenters. The van der Waals surface area contributed by atoms with Crippen molar-refractivity contribution in [2.45, 2.75) is 32.7 Å². The third-order valence-corrected chi connectivity index (χ3v) is 4.41. The molecular weight excluding hydrogens is 342 g/mol. The van der Waals surface area contributed by atoms with E-state index in [-0.39, 0.29) is 18.0 Å². The molecule has 1 fully saturated rings. The number of nitrogens with one attached hydrogen (secondary N) is 1. The van der Waals surface area contributed by atoms with E-state index in [2.05, 4.69) is 5.32 Å². The molecule has 1 aliphatic heterocycles. The Morgan fingerprint density at radius 2 is 1.88 bits per heavy atom. The molecular formula is C18H26ClN3O3. The molecule has 0 saturated carbocycles. The minimum absolute atomic E-state index is 0.0485. The summed E-state index contributed by atoms with van der Waals surface area (Å²) < 4.78 is 5.13. The van der Waals surface area contributed by atoms with Gasteiger partial charge in [0, 0.05) is 32.2 Å². The third-order valence-electron chi connectivity index (χ3n) is 4.12. The Bertz CT molecular complexity index is 622. The topological polar surface area (TPSA) is 61.9 Å². The average Bonchev–Trinajstić information content (AvgIpc) is 2.80. The number of benzene rings is 1. The van der Waals surface area contributed by atoms with Crippen molar-refractivity contribution in [3.8, 4) is 5.75 Å². The van der Waals surface area contributed by atoms with Gasteiger partial charge < -0.3 is 19.9 Å². The van der Waals surface area contributed by atoms with Crippen LogP contribution in [0.4, 0.5) is 4.79 Å². The van der Waals surface area contributed by atoms with Gasteiger partial charge in [-0.3, -0.25) is 4.79 Å². The van der Waals surface area contributed by atoms with Gasteiger partial charge in [-0.25, -0.2) is 4.79 Å². The number of halogens is 1. The van der Waals surface area contributed by atoms with Crippen LogP contribution in [-0.4, -0.2) is 61.1 Å². The Morgan fingerprint density at radius 1 is 1.20 bits per heavy atom. The van der Waals surface area contributed by atoms with Crippen LogP contribution in [0, 0.1) is 0 Å². The number of amides is 3. The van der Waals surface area contributed by atoms with Crippen LogP contribution in [0.3, 0.4) is 0 Å². The number of urea groups is 1. The Labute approximate surface area is 154 Å². The van der Waals surface area contributed by atoms with E-state index in [4.69, 9.17) is 16.3 Å². The highest BCUT2D eigenvalue weighted by atomic mass is 35.5. The van der Waals surface area contributed by atoms with Gasteiger partial charge in [-0.15, -0.1) is 0 Å². The van der Waals surface area contributed by atoms with Crippen LogP contribution in [0.1, 0.15) is 25.8 Å². The van der Waals surface area contributed by atoms with Gasteiger partial charge in [-0.2, -0.15) is 0 Å². The first-order valence-corrected chi connectivity index (χ1v) is 8.94. The lowest BCUT2D eigenvalue weighted by molar-refractivity contribution is -0.130. The van der Waals surface area contributed by atoms with E-state index in [0.29, 0.717) is 43.4 Å². The van der Waals surface area contributed by atoms with Gasteiger partial charge in [-0.1, -0.05) is 17.7 Å². The van der Waals surface area contributed by atoms with Crippen LogP contribution in [0.15, 0.2) is 18.2 Å². The summed E-state index contributed by atoms with van der Waals surface area (Å²) in [4.78, 5) is 28.3. The second-order valence-electron chi connectivity index (χ2n) is 6.47. The molecule has 0 radical (unpaired) electrons. The van der Waals surface area contributed by atoms with Crippen LogP contribution in [0.25, 0.3) is 0 Å². The van der Waals surface area contributed by atoms with Gasteiger partial charge in [0.2, 0.25) is 5.91 Å². The molecule has 1 saturated heterocycles. The smallest absolute Gasteiger partial charge is 0.317 e. The highest BCUT2D eigenvalue weighted by molar-refractivity contribution is 6.32. The number of hydrogen-bond donors (Lipinski definition) is 1. The van der Waals surface area contributed by atoms with Crippen molar-refractivity contribution in [2.75, 3.05) is 33.3 Å². The van der Waals surface area contributed by atoms with Gasteiger partial charge in [0.15, 0.2) is 0 Å². The first-order valence-electron chi connectivity index (χ1n) is 8.56. The maximum absolute atomic E-state index is 12.6. The molecule has 0 aromatic heterocycles. The van der Waals surface area contributed by atoms with E-state index in [1.165, 1.54) is 0 Å². The molecule has 0 spiro atoms. The molecule has 0 atom stereocenters. The van der Waals surface area contributed by atoms with Crippen molar-refractivity contribution in [2.24, 2.45) is 0 Å². The Kier molecular flexibility index (Phi) is 6.93. The van der Waals surface area contributed by atoms with Gasteiger partial charge in [0.1, 0.15) is 5.75 Å². The Balaban J connectivity index is 1.92. The van der Waals surface area contributed by atoms with E-state index in [1.807, 2.05) is 24.8 Å². The highest BCUT2D eigenvalue weighted by Gasteiger charge is 2.22. The summed E-state index contributed by atoms with van der Waals surface area (Å²) in [5.41, 5.74) is 0.856. The van der Waals surface area contributed by atoms with Crippen LogP contribution in [0.5, 0.6) is 5.75 Å². The van der Waals surface area contributed by atoms with Crippen molar-refractivity contribution in [1.82, 2.24) is 15.1 Å². The normalized spacial score (nSPS) is 15.1. The number of carbonyl (C=O) groups excluding carboxylic acids is 2. The maximum atomic E-state index is 12.6. The first kappa shape index (κ1) is 19.4. The summed E-state index contributed by atoms with van der Waals surface area (Å²) in [6.07, 6.45) is 1.07. The lowest BCUT2D eigenvalue weighted by Gasteiger charge is -2.23. The lowest BCUT2D eigenvalue weighted by Crippen LogP contribution is -2.45. The molecule has 1 aromatic rings. The van der Waals surface area contributed by atoms with Crippen LogP contribution < -0.4 is 10.1 Å². The lowest BCUT2D eigenvalue weighted by atomic mass is 10.1. The number of nitrogens with zero attached hydrogens (tertiary/aromatic N) is 2. The SMILES string of the molecule is COc1ccc(CC(=O)N2CCCN(C(=O)NC(C)C)CC2)cc1Cl. The largest absolute Gasteiger partial charge is 0.495 e. The van der Waals surface area contributed by atoms with E-state index in [0.717, 1.165) is 12.0 Å². The number of methoxy groups -OCH3 is 1. The number of hydrogen-bond acceptors (Lipinski definition) is 3. The molecule has 3 amide bonds. The van der Waals surface area contributed by atoms with Crippen molar-refractivity contribution in [1.29, 1.82) is 0 Å². The quantitative estimate of drug-likeness (QED) is 0.889. The summed E-state index contributed by atoms with van der Waals surface area (Å²) >= 11 is 6.12. The van der Waals surface area contributed by atoms with Crippen LogP contribution in [0.2, 0.25) is 5.02 Å². The molecule has 1 N–H and O–H groups in total. The molecule has 6 nitrogen and oxygen atoms in total. The summed E-state index contributed by atoms with van der Waals surface area (Å²) in [6, 6.07) is 5.42.